The SMILES string of the molecule is CCn1nccc1C(NN)c1ccc(OC)c(C)c1. The highest BCUT2D eigenvalue weighted by Crippen LogP contribution is 2.26. The van der Waals surface area contributed by atoms with Gasteiger partial charge in [0.05, 0.1) is 18.8 Å². The summed E-state index contributed by atoms with van der Waals surface area (Å²) in [5.41, 5.74) is 6.09. The molecular formula is C14H20N4O. The van der Waals surface area contributed by atoms with Crippen molar-refractivity contribution in [3.8, 4) is 5.75 Å². The number of methoxy groups -OCH3 is 1. The monoisotopic (exact) mass is 260 g/mol. The van der Waals surface area contributed by atoms with Gasteiger partial charge in [0, 0.05) is 12.7 Å². The van der Waals surface area contributed by atoms with Gasteiger partial charge in [-0.25, -0.2) is 5.43 Å². The van der Waals surface area contributed by atoms with Crippen molar-refractivity contribution in [1.29, 1.82) is 0 Å². The molecule has 1 aromatic carbocycles. The Bertz CT molecular complexity index is 550. The van der Waals surface area contributed by atoms with E-state index in [9.17, 15) is 0 Å². The first-order valence-electron chi connectivity index (χ1n) is 6.33. The van der Waals surface area contributed by atoms with Gasteiger partial charge in [-0.2, -0.15) is 5.10 Å². The van der Waals surface area contributed by atoms with Crippen LogP contribution in [0.15, 0.2) is 30.5 Å². The van der Waals surface area contributed by atoms with Crippen LogP contribution in [0.4, 0.5) is 0 Å². The number of rotatable bonds is 5. The van der Waals surface area contributed by atoms with Crippen molar-refractivity contribution in [3.05, 3.63) is 47.3 Å². The summed E-state index contributed by atoms with van der Waals surface area (Å²) >= 11 is 0. The molecule has 1 unspecified atom stereocenters. The van der Waals surface area contributed by atoms with Crippen LogP contribution in [-0.4, -0.2) is 16.9 Å². The minimum atomic E-state index is -0.0768. The van der Waals surface area contributed by atoms with Gasteiger partial charge in [0.2, 0.25) is 0 Å². The molecule has 2 rings (SSSR count). The van der Waals surface area contributed by atoms with Crippen LogP contribution in [0.3, 0.4) is 0 Å². The zero-order valence-electron chi connectivity index (χ0n) is 11.6. The molecule has 0 bridgehead atoms. The number of hydrogen-bond acceptors (Lipinski definition) is 4. The number of benzene rings is 1. The second-order valence-corrected chi connectivity index (χ2v) is 4.40. The van der Waals surface area contributed by atoms with E-state index in [1.165, 1.54) is 0 Å². The first-order chi connectivity index (χ1) is 9.21. The Kier molecular flexibility index (Phi) is 4.19. The number of aromatic nitrogens is 2. The van der Waals surface area contributed by atoms with Crippen molar-refractivity contribution in [2.75, 3.05) is 7.11 Å². The highest BCUT2D eigenvalue weighted by molar-refractivity contribution is 5.39. The molecule has 5 nitrogen and oxygen atoms in total. The smallest absolute Gasteiger partial charge is 0.121 e. The van der Waals surface area contributed by atoms with Gasteiger partial charge in [0.1, 0.15) is 5.75 Å². The van der Waals surface area contributed by atoms with Crippen molar-refractivity contribution in [1.82, 2.24) is 15.2 Å². The molecule has 0 spiro atoms. The summed E-state index contributed by atoms with van der Waals surface area (Å²) in [4.78, 5) is 0. The number of hydrogen-bond donors (Lipinski definition) is 2. The van der Waals surface area contributed by atoms with Crippen LogP contribution in [0.1, 0.15) is 29.8 Å². The number of nitrogens with one attached hydrogen (secondary N) is 1. The predicted molar refractivity (Wildman–Crippen MR) is 74.8 cm³/mol. The molecule has 5 heteroatoms. The molecule has 102 valence electrons. The van der Waals surface area contributed by atoms with E-state index in [2.05, 4.69) is 23.5 Å². The molecule has 0 saturated carbocycles. The third kappa shape index (κ3) is 2.62. The van der Waals surface area contributed by atoms with Crippen LogP contribution >= 0.6 is 0 Å². The van der Waals surface area contributed by atoms with E-state index in [4.69, 9.17) is 10.6 Å². The molecule has 0 amide bonds. The van der Waals surface area contributed by atoms with Crippen molar-refractivity contribution >= 4 is 0 Å². The summed E-state index contributed by atoms with van der Waals surface area (Å²) in [6, 6.07) is 7.96. The number of aryl methyl sites for hydroxylation is 2. The van der Waals surface area contributed by atoms with Crippen molar-refractivity contribution in [2.24, 2.45) is 5.84 Å². The lowest BCUT2D eigenvalue weighted by Gasteiger charge is -2.19. The molecule has 0 fully saturated rings. The van der Waals surface area contributed by atoms with Gasteiger partial charge in [-0.3, -0.25) is 10.5 Å². The maximum Gasteiger partial charge on any atom is 0.121 e. The van der Waals surface area contributed by atoms with Gasteiger partial charge in [0.15, 0.2) is 0 Å². The quantitative estimate of drug-likeness (QED) is 0.635. The summed E-state index contributed by atoms with van der Waals surface area (Å²) in [6.07, 6.45) is 1.79. The highest BCUT2D eigenvalue weighted by Gasteiger charge is 2.17. The lowest BCUT2D eigenvalue weighted by atomic mass is 10.0. The average Bonchev–Trinajstić information content (AvgIpc) is 2.88. The fourth-order valence-electron chi connectivity index (χ4n) is 2.29. The molecule has 1 atom stereocenters. The van der Waals surface area contributed by atoms with Crippen LogP contribution < -0.4 is 16.0 Å². The van der Waals surface area contributed by atoms with Crippen LogP contribution in [0.25, 0.3) is 0 Å². The molecule has 3 N–H and O–H groups in total. The molecule has 19 heavy (non-hydrogen) atoms. The number of nitrogens with zero attached hydrogens (tertiary/aromatic N) is 2. The van der Waals surface area contributed by atoms with Gasteiger partial charge in [-0.1, -0.05) is 12.1 Å². The maximum atomic E-state index is 5.72. The second kappa shape index (κ2) is 5.86. The fraction of sp³-hybridized carbons (Fsp3) is 0.357. The lowest BCUT2D eigenvalue weighted by Crippen LogP contribution is -2.30. The van der Waals surface area contributed by atoms with E-state index in [1.54, 1.807) is 13.3 Å². The van der Waals surface area contributed by atoms with Gasteiger partial charge < -0.3 is 4.74 Å². The Labute approximate surface area is 113 Å². The van der Waals surface area contributed by atoms with E-state index < -0.39 is 0 Å². The standard InChI is InChI=1S/C14H20N4O/c1-4-18-12(7-8-16-18)14(17-15)11-5-6-13(19-3)10(2)9-11/h5-9,14,17H,4,15H2,1-3H3. The normalized spacial score (nSPS) is 12.4. The topological polar surface area (TPSA) is 65.1 Å². The molecule has 2 aromatic rings. The Hall–Kier alpha value is -1.85. The van der Waals surface area contributed by atoms with Gasteiger partial charge in [-0.05, 0) is 37.1 Å². The third-order valence-corrected chi connectivity index (χ3v) is 3.26. The summed E-state index contributed by atoms with van der Waals surface area (Å²) in [5, 5.41) is 4.28. The van der Waals surface area contributed by atoms with E-state index in [0.29, 0.717) is 0 Å². The Morgan fingerprint density at radius 1 is 1.42 bits per heavy atom. The molecule has 0 aliphatic heterocycles. The van der Waals surface area contributed by atoms with E-state index in [-0.39, 0.29) is 6.04 Å². The third-order valence-electron chi connectivity index (χ3n) is 3.26. The number of ether oxygens (including phenoxy) is 1. The van der Waals surface area contributed by atoms with Crippen LogP contribution in [0, 0.1) is 6.92 Å². The van der Waals surface area contributed by atoms with Crippen molar-refractivity contribution < 1.29 is 4.74 Å². The summed E-state index contributed by atoms with van der Waals surface area (Å²) in [6.45, 7) is 4.89. The Balaban J connectivity index is 2.40. The summed E-state index contributed by atoms with van der Waals surface area (Å²) < 4.78 is 7.21. The molecule has 0 radical (unpaired) electrons. The zero-order valence-corrected chi connectivity index (χ0v) is 11.6. The average molecular weight is 260 g/mol. The zero-order chi connectivity index (χ0) is 13.8. The molecule has 1 aromatic heterocycles. The largest absolute Gasteiger partial charge is 0.496 e. The van der Waals surface area contributed by atoms with Crippen LogP contribution in [0.2, 0.25) is 0 Å². The predicted octanol–water partition coefficient (Wildman–Crippen LogP) is 1.77. The van der Waals surface area contributed by atoms with Crippen LogP contribution in [0.5, 0.6) is 5.75 Å². The first-order valence-corrected chi connectivity index (χ1v) is 6.33. The molecule has 0 saturated heterocycles. The first kappa shape index (κ1) is 13.6. The molecule has 1 heterocycles. The fourth-order valence-corrected chi connectivity index (χ4v) is 2.29. The van der Waals surface area contributed by atoms with E-state index >= 15 is 0 Å². The second-order valence-electron chi connectivity index (χ2n) is 4.40. The summed E-state index contributed by atoms with van der Waals surface area (Å²) in [7, 11) is 1.67. The Morgan fingerprint density at radius 3 is 2.79 bits per heavy atom. The van der Waals surface area contributed by atoms with Gasteiger partial charge in [-0.15, -0.1) is 0 Å². The lowest BCUT2D eigenvalue weighted by molar-refractivity contribution is 0.411. The molecular weight excluding hydrogens is 240 g/mol. The summed E-state index contributed by atoms with van der Waals surface area (Å²) in [5.74, 6) is 6.60. The minimum Gasteiger partial charge on any atom is -0.496 e. The van der Waals surface area contributed by atoms with Crippen molar-refractivity contribution in [3.63, 3.8) is 0 Å². The van der Waals surface area contributed by atoms with Gasteiger partial charge in [0.25, 0.3) is 0 Å². The van der Waals surface area contributed by atoms with Crippen molar-refractivity contribution in [2.45, 2.75) is 26.4 Å². The molecule has 0 aliphatic carbocycles. The Morgan fingerprint density at radius 2 is 2.21 bits per heavy atom. The number of hydrazine groups is 1. The molecule has 0 aliphatic rings. The highest BCUT2D eigenvalue weighted by atomic mass is 16.5. The maximum absolute atomic E-state index is 5.72. The van der Waals surface area contributed by atoms with E-state index in [1.807, 2.05) is 29.8 Å². The van der Waals surface area contributed by atoms with E-state index in [0.717, 1.165) is 29.1 Å². The van der Waals surface area contributed by atoms with Crippen LogP contribution in [-0.2, 0) is 6.54 Å². The van der Waals surface area contributed by atoms with Gasteiger partial charge >= 0.3 is 0 Å². The minimum absolute atomic E-state index is 0.0768. The number of nitrogens with two attached hydrogens (primary N) is 1.